The summed E-state index contributed by atoms with van der Waals surface area (Å²) in [5.74, 6) is 0.715. The van der Waals surface area contributed by atoms with Gasteiger partial charge in [0, 0.05) is 65.7 Å². The van der Waals surface area contributed by atoms with Crippen LogP contribution < -0.4 is 15.4 Å². The standard InChI is InChI=1S/C37H35ClFN7O3/c38-27-6-4-26(31(39)19-27)23-49-36-3-1-2-32(44-36)24-10-15-45(16-11-24)22-35-43-33-18-25(5-7-34(33)46(35)21-30-12-17-48-30)37(47)42-29-9-14-41-28(20-29)8-13-40/h1-10,13-14,18-20,30,40-41H,11-12,15-17,21-23H2,(H,42,47)/b28-8-,40-13?. The Balaban J connectivity index is 1.04. The molecule has 4 aromatic rings. The molecule has 12 heteroatoms. The highest BCUT2D eigenvalue weighted by molar-refractivity contribution is 6.30. The third-order valence-electron chi connectivity index (χ3n) is 8.72. The lowest BCUT2D eigenvalue weighted by Gasteiger charge is -2.29. The second-order valence-electron chi connectivity index (χ2n) is 12.0. The van der Waals surface area contributed by atoms with Gasteiger partial charge >= 0.3 is 0 Å². The van der Waals surface area contributed by atoms with E-state index in [4.69, 9.17) is 31.5 Å². The van der Waals surface area contributed by atoms with Gasteiger partial charge in [-0.25, -0.2) is 14.4 Å². The van der Waals surface area contributed by atoms with Gasteiger partial charge in [0.05, 0.1) is 35.9 Å². The fourth-order valence-corrected chi connectivity index (χ4v) is 6.14. The molecule has 1 fully saturated rings. The Morgan fingerprint density at radius 3 is 2.88 bits per heavy atom. The third-order valence-corrected chi connectivity index (χ3v) is 8.95. The average molecular weight is 680 g/mol. The quantitative estimate of drug-likeness (QED) is 0.163. The van der Waals surface area contributed by atoms with E-state index >= 15 is 0 Å². The van der Waals surface area contributed by atoms with Crippen molar-refractivity contribution < 1.29 is 18.7 Å². The van der Waals surface area contributed by atoms with Crippen molar-refractivity contribution in [1.29, 1.82) is 5.41 Å². The number of hydrogen-bond donors (Lipinski definition) is 3. The molecular formula is C37H35ClFN7O3. The molecule has 10 nitrogen and oxygen atoms in total. The number of rotatable bonds is 11. The van der Waals surface area contributed by atoms with Crippen LogP contribution >= 0.6 is 11.6 Å². The number of dihydropyridines is 1. The molecule has 0 bridgehead atoms. The first-order chi connectivity index (χ1) is 23.9. The number of imidazole rings is 1. The molecule has 2 aromatic heterocycles. The predicted molar refractivity (Wildman–Crippen MR) is 187 cm³/mol. The molecule has 1 amide bonds. The van der Waals surface area contributed by atoms with Crippen LogP contribution in [0.3, 0.4) is 0 Å². The monoisotopic (exact) mass is 679 g/mol. The third kappa shape index (κ3) is 7.64. The molecule has 1 saturated heterocycles. The van der Waals surface area contributed by atoms with Gasteiger partial charge in [0.2, 0.25) is 5.88 Å². The van der Waals surface area contributed by atoms with Gasteiger partial charge < -0.3 is 30.1 Å². The molecule has 5 heterocycles. The number of ether oxygens (including phenoxy) is 2. The van der Waals surface area contributed by atoms with Crippen LogP contribution in [0.2, 0.25) is 5.02 Å². The zero-order valence-corrected chi connectivity index (χ0v) is 27.4. The van der Waals surface area contributed by atoms with E-state index in [1.807, 2.05) is 30.3 Å². The minimum absolute atomic E-state index is 0.0587. The molecule has 1 atom stereocenters. The summed E-state index contributed by atoms with van der Waals surface area (Å²) >= 11 is 5.87. The molecule has 3 N–H and O–H groups in total. The first-order valence-corrected chi connectivity index (χ1v) is 16.5. The van der Waals surface area contributed by atoms with E-state index in [2.05, 4.69) is 31.2 Å². The lowest BCUT2D eigenvalue weighted by molar-refractivity contribution is -0.0591. The van der Waals surface area contributed by atoms with E-state index in [9.17, 15) is 9.18 Å². The number of fused-ring (bicyclic) bond motifs is 1. The van der Waals surface area contributed by atoms with Crippen molar-refractivity contribution >= 4 is 40.3 Å². The highest BCUT2D eigenvalue weighted by atomic mass is 35.5. The summed E-state index contributed by atoms with van der Waals surface area (Å²) in [6, 6.07) is 15.8. The molecule has 0 spiro atoms. The summed E-state index contributed by atoms with van der Waals surface area (Å²) in [4.78, 5) is 25.2. The van der Waals surface area contributed by atoms with E-state index in [0.717, 1.165) is 60.7 Å². The Labute approximate surface area is 288 Å². The molecule has 250 valence electrons. The maximum Gasteiger partial charge on any atom is 0.255 e. The summed E-state index contributed by atoms with van der Waals surface area (Å²) in [5.41, 5.74) is 5.96. The summed E-state index contributed by atoms with van der Waals surface area (Å²) in [6.07, 6.45) is 12.2. The zero-order chi connectivity index (χ0) is 33.7. The molecule has 49 heavy (non-hydrogen) atoms. The number of halogens is 2. The summed E-state index contributed by atoms with van der Waals surface area (Å²) in [7, 11) is 0. The van der Waals surface area contributed by atoms with Crippen LogP contribution in [0.5, 0.6) is 5.88 Å². The molecule has 3 aliphatic rings. The lowest BCUT2D eigenvalue weighted by atomic mass is 10.0. The SMILES string of the molecule is N=C/C=C1/C=C(NC(=O)c2ccc3c(c2)nc(CN2CC=C(c4cccc(OCc5ccc(Cl)cc5F)n4)CC2)n3CC2CCO2)C=CN1. The highest BCUT2D eigenvalue weighted by Crippen LogP contribution is 2.27. The van der Waals surface area contributed by atoms with Gasteiger partial charge in [0.15, 0.2) is 0 Å². The number of nitrogens with one attached hydrogen (secondary N) is 3. The summed E-state index contributed by atoms with van der Waals surface area (Å²) in [5, 5.41) is 13.6. The van der Waals surface area contributed by atoms with Gasteiger partial charge in [-0.2, -0.15) is 0 Å². The molecule has 1 unspecified atom stereocenters. The van der Waals surface area contributed by atoms with Crippen LogP contribution in [0.4, 0.5) is 4.39 Å². The topological polar surface area (TPSA) is 117 Å². The van der Waals surface area contributed by atoms with Gasteiger partial charge in [-0.05, 0) is 73.0 Å². The van der Waals surface area contributed by atoms with E-state index in [1.165, 1.54) is 12.3 Å². The Hall–Kier alpha value is -5.10. The second kappa shape index (κ2) is 14.6. The minimum Gasteiger partial charge on any atom is -0.473 e. The van der Waals surface area contributed by atoms with Crippen molar-refractivity contribution in [1.82, 2.24) is 30.1 Å². The summed E-state index contributed by atoms with van der Waals surface area (Å²) in [6.45, 7) is 3.71. The largest absolute Gasteiger partial charge is 0.473 e. The Morgan fingerprint density at radius 1 is 1.20 bits per heavy atom. The smallest absolute Gasteiger partial charge is 0.255 e. The second-order valence-corrected chi connectivity index (χ2v) is 12.5. The predicted octanol–water partition coefficient (Wildman–Crippen LogP) is 6.15. The molecular weight excluding hydrogens is 645 g/mol. The van der Waals surface area contributed by atoms with Gasteiger partial charge in [-0.3, -0.25) is 9.69 Å². The van der Waals surface area contributed by atoms with Crippen molar-refractivity contribution in [2.24, 2.45) is 0 Å². The van der Waals surface area contributed by atoms with Crippen LogP contribution in [-0.4, -0.2) is 57.4 Å². The van der Waals surface area contributed by atoms with Crippen molar-refractivity contribution in [3.05, 3.63) is 130 Å². The molecule has 0 saturated carbocycles. The van der Waals surface area contributed by atoms with Crippen molar-refractivity contribution in [3.8, 4) is 5.88 Å². The van der Waals surface area contributed by atoms with E-state index in [1.54, 1.807) is 42.6 Å². The molecule has 7 rings (SSSR count). The van der Waals surface area contributed by atoms with Crippen LogP contribution in [0.1, 0.15) is 40.3 Å². The molecule has 0 aliphatic carbocycles. The molecule has 3 aliphatic heterocycles. The zero-order valence-electron chi connectivity index (χ0n) is 26.7. The fourth-order valence-electron chi connectivity index (χ4n) is 5.98. The van der Waals surface area contributed by atoms with Crippen molar-refractivity contribution in [3.63, 3.8) is 0 Å². The van der Waals surface area contributed by atoms with Gasteiger partial charge in [0.1, 0.15) is 18.2 Å². The van der Waals surface area contributed by atoms with E-state index < -0.39 is 5.82 Å². The number of benzene rings is 2. The number of pyridine rings is 1. The highest BCUT2D eigenvalue weighted by Gasteiger charge is 2.24. The number of allylic oxidation sites excluding steroid dienone is 3. The van der Waals surface area contributed by atoms with Crippen molar-refractivity contribution in [2.75, 3.05) is 19.7 Å². The first kappa shape index (κ1) is 32.4. The number of amides is 1. The number of hydrogen-bond acceptors (Lipinski definition) is 8. The van der Waals surface area contributed by atoms with Crippen LogP contribution in [0.25, 0.3) is 16.6 Å². The van der Waals surface area contributed by atoms with Gasteiger partial charge in [0.25, 0.3) is 5.91 Å². The van der Waals surface area contributed by atoms with Crippen LogP contribution in [0, 0.1) is 11.2 Å². The number of carbonyl (C=O) groups is 1. The number of carbonyl (C=O) groups excluding carboxylic acids is 1. The lowest BCUT2D eigenvalue weighted by Crippen LogP contribution is -2.33. The maximum absolute atomic E-state index is 14.2. The Kier molecular flexibility index (Phi) is 9.65. The van der Waals surface area contributed by atoms with Gasteiger partial charge in [-0.1, -0.05) is 29.8 Å². The first-order valence-electron chi connectivity index (χ1n) is 16.1. The molecule has 2 aromatic carbocycles. The Morgan fingerprint density at radius 2 is 2.10 bits per heavy atom. The van der Waals surface area contributed by atoms with Crippen LogP contribution in [0.15, 0.2) is 96.5 Å². The summed E-state index contributed by atoms with van der Waals surface area (Å²) < 4.78 is 28.0. The number of aromatic nitrogens is 3. The average Bonchev–Trinajstić information content (AvgIpc) is 3.42. The minimum atomic E-state index is -0.408. The molecule has 0 radical (unpaired) electrons. The normalized spacial score (nSPS) is 18.4. The van der Waals surface area contributed by atoms with E-state index in [-0.39, 0.29) is 18.6 Å². The van der Waals surface area contributed by atoms with Crippen molar-refractivity contribution in [2.45, 2.75) is 38.6 Å². The van der Waals surface area contributed by atoms with E-state index in [0.29, 0.717) is 46.5 Å². The fraction of sp³-hybridized carbons (Fsp3) is 0.243. The van der Waals surface area contributed by atoms with Crippen LogP contribution in [-0.2, 0) is 24.4 Å². The number of nitrogens with zero attached hydrogens (tertiary/aromatic N) is 4. The maximum atomic E-state index is 14.2. The van der Waals surface area contributed by atoms with Gasteiger partial charge in [-0.15, -0.1) is 0 Å². The Bertz CT molecular complexity index is 2030.